The van der Waals surface area contributed by atoms with Crippen molar-refractivity contribution < 1.29 is 9.53 Å². The normalized spacial score (nSPS) is 16.0. The highest BCUT2D eigenvalue weighted by molar-refractivity contribution is 6.76. The molecule has 1 unspecified atom stereocenters. The lowest BCUT2D eigenvalue weighted by atomic mass is 9.96. The first-order chi connectivity index (χ1) is 20.2. The summed E-state index contributed by atoms with van der Waals surface area (Å²) in [6, 6.07) is 7.31. The zero-order valence-corrected chi connectivity index (χ0v) is 25.4. The van der Waals surface area contributed by atoms with Crippen LogP contribution in [0, 0.1) is 28.6 Å². The van der Waals surface area contributed by atoms with Crippen molar-refractivity contribution >= 4 is 30.7 Å². The minimum absolute atomic E-state index is 0.0954. The lowest BCUT2D eigenvalue weighted by molar-refractivity contribution is 0.0899. The number of ether oxygens (including phenoxy) is 1. The van der Waals surface area contributed by atoms with Gasteiger partial charge in [-0.25, -0.2) is 19.9 Å². The Morgan fingerprint density at radius 3 is 2.79 bits per heavy atom. The molecule has 0 spiro atoms. The van der Waals surface area contributed by atoms with E-state index in [-0.39, 0.29) is 35.6 Å². The first-order valence-corrected chi connectivity index (χ1v) is 17.7. The smallest absolute Gasteiger partial charge is 0.183 e. The standard InChI is InChI=1S/C29H34N10O2Si/c1-20(40)25-15-32-29(24(13-31)36-25)37-9-6-21(16-37)26(5-8-30)39-17-22(14-35-39)27-23-7-10-38(28(23)34-18-33-27)19-41-11-12-42(2,3)4/h7,10,14-15,17-18,21,26H,5-6,9,11-12,16,19H2,1-4H3/t21?,26-/m0/s1. The molecule has 42 heavy (non-hydrogen) atoms. The molecule has 13 heteroatoms. The van der Waals surface area contributed by atoms with Crippen LogP contribution in [0.3, 0.4) is 0 Å². The number of carbonyl (C=O) groups is 1. The molecule has 0 aromatic carbocycles. The van der Waals surface area contributed by atoms with Crippen molar-refractivity contribution in [2.24, 2.45) is 5.92 Å². The van der Waals surface area contributed by atoms with E-state index in [4.69, 9.17) is 4.74 Å². The molecule has 12 nitrogen and oxygen atoms in total. The summed E-state index contributed by atoms with van der Waals surface area (Å²) in [5, 5.41) is 24.9. The maximum Gasteiger partial charge on any atom is 0.183 e. The molecular formula is C29H34N10O2Si. The van der Waals surface area contributed by atoms with Gasteiger partial charge in [0.1, 0.15) is 30.5 Å². The van der Waals surface area contributed by atoms with Gasteiger partial charge in [-0.2, -0.15) is 15.6 Å². The quantitative estimate of drug-likeness (QED) is 0.141. The van der Waals surface area contributed by atoms with Crippen molar-refractivity contribution in [2.45, 2.75) is 58.2 Å². The van der Waals surface area contributed by atoms with Crippen LogP contribution in [0.25, 0.3) is 22.3 Å². The van der Waals surface area contributed by atoms with Gasteiger partial charge in [-0.15, -0.1) is 0 Å². The van der Waals surface area contributed by atoms with Crippen LogP contribution < -0.4 is 4.90 Å². The molecule has 0 amide bonds. The molecule has 0 radical (unpaired) electrons. The van der Waals surface area contributed by atoms with E-state index in [2.05, 4.69) is 56.8 Å². The lowest BCUT2D eigenvalue weighted by Crippen LogP contribution is -2.26. The highest BCUT2D eigenvalue weighted by Crippen LogP contribution is 2.34. The van der Waals surface area contributed by atoms with Crippen molar-refractivity contribution in [3.05, 3.63) is 48.6 Å². The highest BCUT2D eigenvalue weighted by atomic mass is 28.3. The van der Waals surface area contributed by atoms with Gasteiger partial charge in [0, 0.05) is 64.0 Å². The SMILES string of the molecule is CC(=O)c1cnc(N2CCC([C@H](CC#N)n3cc(-c4ncnc5c4ccn5COCC[Si](C)(C)C)cn3)C2)c(C#N)n1. The van der Waals surface area contributed by atoms with Gasteiger partial charge in [-0.05, 0) is 18.5 Å². The summed E-state index contributed by atoms with van der Waals surface area (Å²) in [5.41, 5.74) is 2.71. The molecule has 4 aromatic rings. The number of fused-ring (bicyclic) bond motifs is 1. The third kappa shape index (κ3) is 6.22. The number of aromatic nitrogens is 7. The Bertz CT molecular complexity index is 1680. The Morgan fingerprint density at radius 1 is 1.21 bits per heavy atom. The number of anilines is 1. The Morgan fingerprint density at radius 2 is 2.05 bits per heavy atom. The maximum atomic E-state index is 11.7. The number of carbonyl (C=O) groups excluding carboxylic acids is 1. The van der Waals surface area contributed by atoms with E-state index in [0.717, 1.165) is 41.4 Å². The van der Waals surface area contributed by atoms with Crippen LogP contribution in [0.1, 0.15) is 42.0 Å². The first kappa shape index (κ1) is 29.0. The largest absolute Gasteiger partial charge is 0.361 e. The van der Waals surface area contributed by atoms with Crippen molar-refractivity contribution in [3.8, 4) is 23.4 Å². The molecule has 216 valence electrons. The minimum Gasteiger partial charge on any atom is -0.361 e. The fourth-order valence-corrected chi connectivity index (χ4v) is 6.00. The van der Waals surface area contributed by atoms with Gasteiger partial charge in [0.25, 0.3) is 0 Å². The van der Waals surface area contributed by atoms with E-state index in [1.54, 1.807) is 12.5 Å². The van der Waals surface area contributed by atoms with E-state index in [1.807, 2.05) is 32.6 Å². The van der Waals surface area contributed by atoms with Crippen molar-refractivity contribution in [3.63, 3.8) is 0 Å². The average Bonchev–Trinajstić information content (AvgIpc) is 3.73. The molecule has 1 aliphatic heterocycles. The predicted octanol–water partition coefficient (Wildman–Crippen LogP) is 4.45. The monoisotopic (exact) mass is 582 g/mol. The Balaban J connectivity index is 1.33. The fraction of sp³-hybridized carbons (Fsp3) is 0.448. The number of Topliss-reactive ketones (excluding diaryl/α,β-unsaturated/α-hetero) is 1. The molecule has 1 saturated heterocycles. The summed E-state index contributed by atoms with van der Waals surface area (Å²) in [7, 11) is -1.16. The van der Waals surface area contributed by atoms with E-state index in [0.29, 0.717) is 25.6 Å². The van der Waals surface area contributed by atoms with E-state index >= 15 is 0 Å². The van der Waals surface area contributed by atoms with Crippen LogP contribution >= 0.6 is 0 Å². The third-order valence-electron chi connectivity index (χ3n) is 7.59. The molecular weight excluding hydrogens is 548 g/mol. The van der Waals surface area contributed by atoms with Gasteiger partial charge in [0.2, 0.25) is 0 Å². The Labute approximate surface area is 245 Å². The van der Waals surface area contributed by atoms with Crippen LogP contribution in [0.15, 0.2) is 37.2 Å². The lowest BCUT2D eigenvalue weighted by Gasteiger charge is -2.23. The second-order valence-electron chi connectivity index (χ2n) is 11.8. The van der Waals surface area contributed by atoms with Crippen molar-refractivity contribution in [1.29, 1.82) is 10.5 Å². The molecule has 1 fully saturated rings. The Kier molecular flexibility index (Phi) is 8.43. The average molecular weight is 583 g/mol. The van der Waals surface area contributed by atoms with E-state index in [1.165, 1.54) is 13.1 Å². The molecule has 0 N–H and O–H groups in total. The molecule has 5 heterocycles. The van der Waals surface area contributed by atoms with E-state index in [9.17, 15) is 15.3 Å². The first-order valence-electron chi connectivity index (χ1n) is 14.0. The summed E-state index contributed by atoms with van der Waals surface area (Å²) in [4.78, 5) is 31.3. The van der Waals surface area contributed by atoms with Crippen LogP contribution in [0.2, 0.25) is 25.7 Å². The van der Waals surface area contributed by atoms with Gasteiger partial charge in [0.15, 0.2) is 17.3 Å². The van der Waals surface area contributed by atoms with Crippen LogP contribution in [0.5, 0.6) is 0 Å². The summed E-state index contributed by atoms with van der Waals surface area (Å²) >= 11 is 0. The Hall–Kier alpha value is -4.46. The molecule has 4 aromatic heterocycles. The number of rotatable bonds is 11. The molecule has 1 aliphatic rings. The number of hydrogen-bond donors (Lipinski definition) is 0. The summed E-state index contributed by atoms with van der Waals surface area (Å²) in [6.07, 6.45) is 9.73. The second-order valence-corrected chi connectivity index (χ2v) is 17.4. The van der Waals surface area contributed by atoms with Crippen molar-refractivity contribution in [1.82, 2.24) is 34.3 Å². The topological polar surface area (TPSA) is 151 Å². The summed E-state index contributed by atoms with van der Waals surface area (Å²) in [6.45, 7) is 10.8. The van der Waals surface area contributed by atoms with Gasteiger partial charge in [-0.3, -0.25) is 9.48 Å². The fourth-order valence-electron chi connectivity index (χ4n) is 5.24. The van der Waals surface area contributed by atoms with Crippen LogP contribution in [0.4, 0.5) is 5.82 Å². The summed E-state index contributed by atoms with van der Waals surface area (Å²) in [5.74, 6) is 0.314. The van der Waals surface area contributed by atoms with Gasteiger partial charge >= 0.3 is 0 Å². The zero-order valence-electron chi connectivity index (χ0n) is 24.4. The van der Waals surface area contributed by atoms with Crippen molar-refractivity contribution in [2.75, 3.05) is 24.6 Å². The zero-order chi connectivity index (χ0) is 29.9. The van der Waals surface area contributed by atoms with Gasteiger partial charge in [-0.1, -0.05) is 19.6 Å². The molecule has 0 bridgehead atoms. The second kappa shape index (κ2) is 12.2. The number of nitrogens with zero attached hydrogens (tertiary/aromatic N) is 10. The summed E-state index contributed by atoms with van der Waals surface area (Å²) < 4.78 is 9.79. The van der Waals surface area contributed by atoms with Gasteiger partial charge in [0.05, 0.1) is 36.6 Å². The van der Waals surface area contributed by atoms with Crippen LogP contribution in [-0.4, -0.2) is 67.8 Å². The molecule has 5 rings (SSSR count). The number of hydrogen-bond acceptors (Lipinski definition) is 10. The predicted molar refractivity (Wildman–Crippen MR) is 159 cm³/mol. The minimum atomic E-state index is -1.16. The number of ketones is 1. The van der Waals surface area contributed by atoms with E-state index < -0.39 is 8.07 Å². The highest BCUT2D eigenvalue weighted by Gasteiger charge is 2.33. The maximum absolute atomic E-state index is 11.7. The molecule has 2 atom stereocenters. The number of nitriles is 2. The third-order valence-corrected chi connectivity index (χ3v) is 9.29. The van der Waals surface area contributed by atoms with Gasteiger partial charge < -0.3 is 14.2 Å². The molecule has 0 saturated carbocycles. The van der Waals surface area contributed by atoms with Crippen LogP contribution in [-0.2, 0) is 11.5 Å². The molecule has 0 aliphatic carbocycles.